The molecule has 1 aliphatic heterocycles. The summed E-state index contributed by atoms with van der Waals surface area (Å²) in [4.78, 5) is 23.8. The van der Waals surface area contributed by atoms with Crippen LogP contribution in [0, 0.1) is 0 Å². The third kappa shape index (κ3) is 2.47. The first-order valence-corrected chi connectivity index (χ1v) is 4.68. The molecule has 0 spiro atoms. The number of nitrogens with one attached hydrogen (secondary N) is 1. The molecule has 0 aliphatic carbocycles. The molecule has 0 aromatic rings. The Morgan fingerprint density at radius 2 is 2.14 bits per heavy atom. The van der Waals surface area contributed by atoms with Crippen molar-refractivity contribution in [3.05, 3.63) is 18.4 Å². The lowest BCUT2D eigenvalue weighted by Gasteiger charge is -2.16. The second-order valence-corrected chi connectivity index (χ2v) is 3.14. The molecule has 0 aromatic carbocycles. The number of rotatable bonds is 4. The normalized spacial score (nSPS) is 14.7. The van der Waals surface area contributed by atoms with Gasteiger partial charge in [0.2, 0.25) is 0 Å². The van der Waals surface area contributed by atoms with Gasteiger partial charge in [0.25, 0.3) is 5.91 Å². The molecule has 1 aliphatic rings. The van der Waals surface area contributed by atoms with Crippen LogP contribution in [0.4, 0.5) is 0 Å². The Bertz CT molecular complexity index is 274. The summed E-state index contributed by atoms with van der Waals surface area (Å²) in [6.07, 6.45) is 3.63. The van der Waals surface area contributed by atoms with Crippen LogP contribution in [0.3, 0.4) is 0 Å². The van der Waals surface area contributed by atoms with Gasteiger partial charge < -0.3 is 10.2 Å². The van der Waals surface area contributed by atoms with E-state index in [1.54, 1.807) is 16.9 Å². The number of nitrogens with zero attached hydrogens (tertiary/aromatic N) is 1. The van der Waals surface area contributed by atoms with Gasteiger partial charge in [0.05, 0.1) is 0 Å². The SMILES string of the molecule is C=CCNC(=O)C(=C=O)N1CCCC1. The summed E-state index contributed by atoms with van der Waals surface area (Å²) in [6.45, 7) is 5.39. The maximum Gasteiger partial charge on any atom is 0.279 e. The van der Waals surface area contributed by atoms with Crippen LogP contribution in [0.2, 0.25) is 0 Å². The molecular weight excluding hydrogens is 180 g/mol. The topological polar surface area (TPSA) is 49.4 Å². The van der Waals surface area contributed by atoms with Gasteiger partial charge in [-0.05, 0) is 12.8 Å². The van der Waals surface area contributed by atoms with E-state index in [1.807, 2.05) is 0 Å². The molecule has 0 atom stereocenters. The second kappa shape index (κ2) is 5.25. The van der Waals surface area contributed by atoms with Crippen molar-refractivity contribution in [2.45, 2.75) is 12.8 Å². The minimum Gasteiger partial charge on any atom is -0.358 e. The molecule has 1 saturated heterocycles. The highest BCUT2D eigenvalue weighted by molar-refractivity contribution is 6.00. The lowest BCUT2D eigenvalue weighted by atomic mass is 10.4. The van der Waals surface area contributed by atoms with Gasteiger partial charge in [0.15, 0.2) is 11.6 Å². The van der Waals surface area contributed by atoms with E-state index in [4.69, 9.17) is 0 Å². The standard InChI is InChI=1S/C10H14N2O2/c1-2-5-11-10(14)9(8-13)12-6-3-4-7-12/h2H,1,3-7H2,(H,11,14). The van der Waals surface area contributed by atoms with Crippen LogP contribution < -0.4 is 5.32 Å². The Hall–Kier alpha value is -1.54. The molecule has 0 aromatic heterocycles. The minimum absolute atomic E-state index is 0.115. The molecule has 0 unspecified atom stereocenters. The van der Waals surface area contributed by atoms with Crippen molar-refractivity contribution in [3.8, 4) is 0 Å². The number of carbonyl (C=O) groups is 1. The third-order valence-corrected chi connectivity index (χ3v) is 2.14. The summed E-state index contributed by atoms with van der Waals surface area (Å²) in [7, 11) is 0. The van der Waals surface area contributed by atoms with Crippen LogP contribution >= 0.6 is 0 Å². The maximum atomic E-state index is 11.4. The van der Waals surface area contributed by atoms with Crippen molar-refractivity contribution >= 4 is 11.8 Å². The lowest BCUT2D eigenvalue weighted by Crippen LogP contribution is -2.34. The van der Waals surface area contributed by atoms with Crippen LogP contribution in [0.1, 0.15) is 12.8 Å². The first-order chi connectivity index (χ1) is 6.79. The Morgan fingerprint density at radius 1 is 1.50 bits per heavy atom. The first kappa shape index (κ1) is 10.5. The van der Waals surface area contributed by atoms with Crippen LogP contribution in [-0.2, 0) is 9.59 Å². The fraction of sp³-hybridized carbons (Fsp3) is 0.500. The largest absolute Gasteiger partial charge is 0.358 e. The van der Waals surface area contributed by atoms with E-state index in [9.17, 15) is 9.59 Å². The first-order valence-electron chi connectivity index (χ1n) is 4.68. The van der Waals surface area contributed by atoms with Crippen LogP contribution in [0.15, 0.2) is 18.4 Å². The summed E-state index contributed by atoms with van der Waals surface area (Å²) in [5, 5.41) is 2.56. The second-order valence-electron chi connectivity index (χ2n) is 3.14. The summed E-state index contributed by atoms with van der Waals surface area (Å²) in [5.41, 5.74) is 0.115. The van der Waals surface area contributed by atoms with Crippen molar-refractivity contribution in [1.82, 2.24) is 10.2 Å². The minimum atomic E-state index is -0.359. The van der Waals surface area contributed by atoms with Crippen molar-refractivity contribution in [2.24, 2.45) is 0 Å². The van der Waals surface area contributed by atoms with Crippen molar-refractivity contribution < 1.29 is 9.59 Å². The zero-order valence-electron chi connectivity index (χ0n) is 8.08. The van der Waals surface area contributed by atoms with Gasteiger partial charge in [-0.3, -0.25) is 4.79 Å². The monoisotopic (exact) mass is 194 g/mol. The highest BCUT2D eigenvalue weighted by atomic mass is 16.2. The zero-order chi connectivity index (χ0) is 10.4. The van der Waals surface area contributed by atoms with E-state index in [2.05, 4.69) is 11.9 Å². The van der Waals surface area contributed by atoms with Crippen molar-refractivity contribution in [3.63, 3.8) is 0 Å². The van der Waals surface area contributed by atoms with Gasteiger partial charge >= 0.3 is 0 Å². The molecule has 14 heavy (non-hydrogen) atoms. The highest BCUT2D eigenvalue weighted by Gasteiger charge is 2.21. The van der Waals surface area contributed by atoms with Gasteiger partial charge in [-0.15, -0.1) is 6.58 Å². The van der Waals surface area contributed by atoms with Gasteiger partial charge in [0, 0.05) is 19.6 Å². The van der Waals surface area contributed by atoms with Gasteiger partial charge in [-0.2, -0.15) is 0 Å². The molecule has 0 bridgehead atoms. The summed E-state index contributed by atoms with van der Waals surface area (Å²) in [5.74, 6) is 1.34. The smallest absolute Gasteiger partial charge is 0.279 e. The van der Waals surface area contributed by atoms with Crippen LogP contribution in [0.5, 0.6) is 0 Å². The molecule has 1 amide bonds. The number of likely N-dealkylation sites (tertiary alicyclic amines) is 1. The van der Waals surface area contributed by atoms with E-state index < -0.39 is 0 Å². The molecule has 76 valence electrons. The predicted octanol–water partition coefficient (Wildman–Crippen LogP) is 0.0999. The zero-order valence-corrected chi connectivity index (χ0v) is 8.08. The van der Waals surface area contributed by atoms with E-state index in [-0.39, 0.29) is 11.6 Å². The number of hydrogen-bond donors (Lipinski definition) is 1. The molecule has 0 radical (unpaired) electrons. The van der Waals surface area contributed by atoms with E-state index in [0.29, 0.717) is 6.54 Å². The Balaban J connectivity index is 2.57. The molecule has 4 heteroatoms. The Labute approximate surface area is 83.3 Å². The Kier molecular flexibility index (Phi) is 3.95. The van der Waals surface area contributed by atoms with Crippen LogP contribution in [-0.4, -0.2) is 36.4 Å². The molecule has 1 fully saturated rings. The third-order valence-electron chi connectivity index (χ3n) is 2.14. The lowest BCUT2D eigenvalue weighted by molar-refractivity contribution is -0.118. The molecule has 1 heterocycles. The van der Waals surface area contributed by atoms with Crippen molar-refractivity contribution in [1.29, 1.82) is 0 Å². The van der Waals surface area contributed by atoms with E-state index in [1.165, 1.54) is 0 Å². The fourth-order valence-electron chi connectivity index (χ4n) is 1.44. The molecule has 4 nitrogen and oxygen atoms in total. The van der Waals surface area contributed by atoms with E-state index >= 15 is 0 Å². The molecule has 0 saturated carbocycles. The fourth-order valence-corrected chi connectivity index (χ4v) is 1.44. The molecular formula is C10H14N2O2. The van der Waals surface area contributed by atoms with Gasteiger partial charge in [-0.25, -0.2) is 4.79 Å². The van der Waals surface area contributed by atoms with Gasteiger partial charge in [0.1, 0.15) is 0 Å². The number of amides is 1. The number of carbonyl (C=O) groups excluding carboxylic acids is 2. The van der Waals surface area contributed by atoms with E-state index in [0.717, 1.165) is 25.9 Å². The van der Waals surface area contributed by atoms with Crippen molar-refractivity contribution in [2.75, 3.05) is 19.6 Å². The quantitative estimate of drug-likeness (QED) is 0.392. The predicted molar refractivity (Wildman–Crippen MR) is 53.2 cm³/mol. The highest BCUT2D eigenvalue weighted by Crippen LogP contribution is 2.12. The molecule has 1 N–H and O–H groups in total. The average Bonchev–Trinajstić information content (AvgIpc) is 2.69. The summed E-state index contributed by atoms with van der Waals surface area (Å²) >= 11 is 0. The molecule has 1 rings (SSSR count). The average molecular weight is 194 g/mol. The van der Waals surface area contributed by atoms with Crippen LogP contribution in [0.25, 0.3) is 0 Å². The van der Waals surface area contributed by atoms with Gasteiger partial charge in [-0.1, -0.05) is 6.08 Å². The summed E-state index contributed by atoms with van der Waals surface area (Å²) < 4.78 is 0. The number of hydrogen-bond acceptors (Lipinski definition) is 3. The summed E-state index contributed by atoms with van der Waals surface area (Å²) in [6, 6.07) is 0. The maximum absolute atomic E-state index is 11.4. The Morgan fingerprint density at radius 3 is 2.64 bits per heavy atom.